The van der Waals surface area contributed by atoms with Crippen molar-refractivity contribution in [2.75, 3.05) is 19.4 Å². The second kappa shape index (κ2) is 3.73. The van der Waals surface area contributed by atoms with E-state index in [1.54, 1.807) is 14.1 Å². The molecule has 1 aromatic heterocycles. The van der Waals surface area contributed by atoms with Crippen LogP contribution in [0.2, 0.25) is 4.34 Å². The summed E-state index contributed by atoms with van der Waals surface area (Å²) >= 11 is 6.84. The highest BCUT2D eigenvalue weighted by Gasteiger charge is 2.06. The average Bonchev–Trinajstić information content (AvgIpc) is 2.35. The molecule has 66 valence electrons. The number of carbonyl (C=O) groups excluding carboxylic acids is 1. The highest BCUT2D eigenvalue weighted by atomic mass is 35.5. The van der Waals surface area contributed by atoms with Gasteiger partial charge in [-0.3, -0.25) is 5.32 Å². The summed E-state index contributed by atoms with van der Waals surface area (Å²) in [6, 6.07) is -0.207. The van der Waals surface area contributed by atoms with Crippen LogP contribution in [0.3, 0.4) is 0 Å². The number of anilines is 1. The number of amides is 2. The molecule has 1 N–H and O–H groups in total. The van der Waals surface area contributed by atoms with E-state index in [4.69, 9.17) is 11.6 Å². The van der Waals surface area contributed by atoms with Gasteiger partial charge in [0.2, 0.25) is 0 Å². The highest BCUT2D eigenvalue weighted by molar-refractivity contribution is 7.19. The molecule has 0 radical (unpaired) electrons. The molecule has 4 nitrogen and oxygen atoms in total. The molecule has 0 fully saturated rings. The third-order valence-electron chi connectivity index (χ3n) is 1.10. The zero-order valence-corrected chi connectivity index (χ0v) is 8.24. The topological polar surface area (TPSA) is 45.2 Å². The summed E-state index contributed by atoms with van der Waals surface area (Å²) in [7, 11) is 3.31. The van der Waals surface area contributed by atoms with Crippen molar-refractivity contribution in [3.8, 4) is 0 Å². The van der Waals surface area contributed by atoms with Crippen LogP contribution in [0.1, 0.15) is 0 Å². The summed E-state index contributed by atoms with van der Waals surface area (Å²) in [5.74, 6) is 0. The summed E-state index contributed by atoms with van der Waals surface area (Å²) in [6.07, 6.45) is 1.50. The number of rotatable bonds is 1. The van der Waals surface area contributed by atoms with Crippen LogP contribution >= 0.6 is 22.9 Å². The van der Waals surface area contributed by atoms with Crippen LogP contribution in [-0.2, 0) is 0 Å². The van der Waals surface area contributed by atoms with Gasteiger partial charge in [0.1, 0.15) is 4.34 Å². The molecule has 0 unspecified atom stereocenters. The zero-order valence-electron chi connectivity index (χ0n) is 6.67. The van der Waals surface area contributed by atoms with Gasteiger partial charge in [-0.15, -0.1) is 0 Å². The van der Waals surface area contributed by atoms with Gasteiger partial charge in [0.25, 0.3) is 0 Å². The lowest BCUT2D eigenvalue weighted by Gasteiger charge is -2.08. The lowest BCUT2D eigenvalue weighted by molar-refractivity contribution is 0.230. The van der Waals surface area contributed by atoms with Crippen molar-refractivity contribution < 1.29 is 4.79 Å². The summed E-state index contributed by atoms with van der Waals surface area (Å²) < 4.78 is 0.559. The van der Waals surface area contributed by atoms with Gasteiger partial charge in [-0.1, -0.05) is 22.9 Å². The van der Waals surface area contributed by atoms with E-state index in [1.807, 2.05) is 0 Å². The van der Waals surface area contributed by atoms with Gasteiger partial charge in [-0.2, -0.15) is 0 Å². The summed E-state index contributed by atoms with van der Waals surface area (Å²) in [5, 5.41) is 3.08. The number of hydrogen-bond acceptors (Lipinski definition) is 3. The Morgan fingerprint density at radius 3 is 2.83 bits per heavy atom. The number of nitrogens with one attached hydrogen (secondary N) is 1. The average molecular weight is 206 g/mol. The molecule has 1 aromatic rings. The molecule has 12 heavy (non-hydrogen) atoms. The summed E-state index contributed by atoms with van der Waals surface area (Å²) in [4.78, 5) is 16.4. The van der Waals surface area contributed by atoms with Gasteiger partial charge in [-0.05, 0) is 0 Å². The molecular weight excluding hydrogens is 198 g/mol. The Morgan fingerprint density at radius 2 is 2.42 bits per heavy atom. The van der Waals surface area contributed by atoms with E-state index in [2.05, 4.69) is 10.3 Å². The van der Waals surface area contributed by atoms with E-state index in [1.165, 1.54) is 22.4 Å². The van der Waals surface area contributed by atoms with Gasteiger partial charge >= 0.3 is 6.03 Å². The van der Waals surface area contributed by atoms with Crippen LogP contribution in [0.5, 0.6) is 0 Å². The number of thiazole rings is 1. The number of carbonyl (C=O) groups is 1. The molecule has 6 heteroatoms. The second-order valence-electron chi connectivity index (χ2n) is 2.29. The standard InChI is InChI=1S/C6H8ClN3OS/c1-10(2)6(11)9-5-8-3-4(7)12-5/h3H,1-2H3,(H,8,9,11). The minimum atomic E-state index is -0.207. The van der Waals surface area contributed by atoms with E-state index in [0.717, 1.165) is 0 Å². The number of urea groups is 1. The Bertz CT molecular complexity index is 286. The lowest BCUT2D eigenvalue weighted by Crippen LogP contribution is -2.27. The van der Waals surface area contributed by atoms with Crippen molar-refractivity contribution in [2.24, 2.45) is 0 Å². The Balaban J connectivity index is 2.58. The molecule has 0 saturated carbocycles. The molecule has 0 aliphatic heterocycles. The van der Waals surface area contributed by atoms with Crippen LogP contribution in [0.4, 0.5) is 9.93 Å². The van der Waals surface area contributed by atoms with Crippen LogP contribution < -0.4 is 5.32 Å². The molecule has 0 aromatic carbocycles. The Kier molecular flexibility index (Phi) is 2.88. The van der Waals surface area contributed by atoms with Crippen molar-refractivity contribution in [1.82, 2.24) is 9.88 Å². The van der Waals surface area contributed by atoms with Crippen LogP contribution in [0.15, 0.2) is 6.20 Å². The SMILES string of the molecule is CN(C)C(=O)Nc1ncc(Cl)s1. The Labute approximate surface area is 79.2 Å². The predicted molar refractivity (Wildman–Crippen MR) is 49.8 cm³/mol. The minimum Gasteiger partial charge on any atom is -0.331 e. The normalized spacial score (nSPS) is 9.58. The maximum atomic E-state index is 11.1. The van der Waals surface area contributed by atoms with Crippen molar-refractivity contribution >= 4 is 34.1 Å². The quantitative estimate of drug-likeness (QED) is 0.761. The first-order valence-electron chi connectivity index (χ1n) is 3.19. The lowest BCUT2D eigenvalue weighted by atomic mass is 10.8. The molecule has 0 spiro atoms. The first-order chi connectivity index (χ1) is 5.59. The minimum absolute atomic E-state index is 0.207. The molecule has 0 aliphatic carbocycles. The molecule has 0 saturated heterocycles. The molecule has 0 bridgehead atoms. The summed E-state index contributed by atoms with van der Waals surface area (Å²) in [5.41, 5.74) is 0. The van der Waals surface area contributed by atoms with Gasteiger partial charge in [0.15, 0.2) is 5.13 Å². The molecule has 0 atom stereocenters. The van der Waals surface area contributed by atoms with Crippen molar-refractivity contribution in [2.45, 2.75) is 0 Å². The predicted octanol–water partition coefficient (Wildman–Crippen LogP) is 1.89. The fourth-order valence-corrected chi connectivity index (χ4v) is 1.32. The van der Waals surface area contributed by atoms with Crippen LogP contribution in [0.25, 0.3) is 0 Å². The molecule has 1 heterocycles. The molecule has 2 amide bonds. The van der Waals surface area contributed by atoms with E-state index in [0.29, 0.717) is 9.47 Å². The van der Waals surface area contributed by atoms with Gasteiger partial charge < -0.3 is 4.90 Å². The summed E-state index contributed by atoms with van der Waals surface area (Å²) in [6.45, 7) is 0. The zero-order chi connectivity index (χ0) is 9.14. The van der Waals surface area contributed by atoms with Crippen molar-refractivity contribution in [3.05, 3.63) is 10.5 Å². The van der Waals surface area contributed by atoms with Crippen molar-refractivity contribution in [1.29, 1.82) is 0 Å². The van der Waals surface area contributed by atoms with E-state index in [-0.39, 0.29) is 6.03 Å². The Hall–Kier alpha value is -0.810. The fourth-order valence-electron chi connectivity index (χ4n) is 0.516. The monoisotopic (exact) mass is 205 g/mol. The second-order valence-corrected chi connectivity index (χ2v) is 3.96. The number of hydrogen-bond donors (Lipinski definition) is 1. The van der Waals surface area contributed by atoms with E-state index in [9.17, 15) is 4.79 Å². The van der Waals surface area contributed by atoms with Gasteiger partial charge in [0, 0.05) is 14.1 Å². The number of nitrogens with zero attached hydrogens (tertiary/aromatic N) is 2. The van der Waals surface area contributed by atoms with Gasteiger partial charge in [-0.25, -0.2) is 9.78 Å². The van der Waals surface area contributed by atoms with Crippen LogP contribution in [-0.4, -0.2) is 30.0 Å². The number of halogens is 1. The van der Waals surface area contributed by atoms with E-state index >= 15 is 0 Å². The van der Waals surface area contributed by atoms with Crippen LogP contribution in [0, 0.1) is 0 Å². The van der Waals surface area contributed by atoms with E-state index < -0.39 is 0 Å². The fraction of sp³-hybridized carbons (Fsp3) is 0.333. The third kappa shape index (κ3) is 2.35. The largest absolute Gasteiger partial charge is 0.331 e. The molecular formula is C6H8ClN3OS. The van der Waals surface area contributed by atoms with Crippen molar-refractivity contribution in [3.63, 3.8) is 0 Å². The molecule has 1 rings (SSSR count). The highest BCUT2D eigenvalue weighted by Crippen LogP contribution is 2.22. The number of aromatic nitrogens is 1. The smallest absolute Gasteiger partial charge is 0.323 e. The Morgan fingerprint density at radius 1 is 1.75 bits per heavy atom. The maximum absolute atomic E-state index is 11.1. The molecule has 0 aliphatic rings. The first-order valence-corrected chi connectivity index (χ1v) is 4.38. The van der Waals surface area contributed by atoms with Gasteiger partial charge in [0.05, 0.1) is 6.20 Å². The maximum Gasteiger partial charge on any atom is 0.323 e. The third-order valence-corrected chi connectivity index (χ3v) is 2.13. The first kappa shape index (κ1) is 9.28.